The van der Waals surface area contributed by atoms with Crippen molar-refractivity contribution in [2.45, 2.75) is 58.9 Å². The summed E-state index contributed by atoms with van der Waals surface area (Å²) < 4.78 is 0. The number of carbonyl (C=O) groups is 1. The lowest BCUT2D eigenvalue weighted by Gasteiger charge is -2.39. The molecule has 2 aliphatic rings. The van der Waals surface area contributed by atoms with Crippen LogP contribution in [0.15, 0.2) is 30.5 Å². The molecule has 4 rings (SSSR count). The van der Waals surface area contributed by atoms with Crippen LogP contribution in [-0.2, 0) is 11.2 Å². The molecule has 3 heteroatoms. The smallest absolute Gasteiger partial charge is 0.223 e. The van der Waals surface area contributed by atoms with Crippen LogP contribution in [0.3, 0.4) is 0 Å². The highest BCUT2D eigenvalue weighted by Crippen LogP contribution is 2.52. The number of aryl methyl sites for hydroxylation is 1. The molecule has 2 bridgehead atoms. The van der Waals surface area contributed by atoms with Crippen LogP contribution in [0, 0.1) is 10.8 Å². The number of likely N-dealkylation sites (tertiary alicyclic amines) is 1. The van der Waals surface area contributed by atoms with E-state index in [0.29, 0.717) is 29.2 Å². The number of nitrogens with zero attached hydrogens (tertiary/aromatic N) is 1. The van der Waals surface area contributed by atoms with Crippen molar-refractivity contribution in [3.63, 3.8) is 0 Å². The molecule has 1 aromatic heterocycles. The molecule has 1 aromatic carbocycles. The molecule has 128 valence electrons. The Morgan fingerprint density at radius 3 is 2.88 bits per heavy atom. The quantitative estimate of drug-likeness (QED) is 0.885. The molecular weight excluding hydrogens is 296 g/mol. The summed E-state index contributed by atoms with van der Waals surface area (Å²) in [5.41, 5.74) is 3.10. The van der Waals surface area contributed by atoms with Crippen molar-refractivity contribution in [1.82, 2.24) is 9.88 Å². The van der Waals surface area contributed by atoms with Gasteiger partial charge < -0.3 is 9.88 Å². The predicted molar refractivity (Wildman–Crippen MR) is 97.9 cm³/mol. The molecule has 1 saturated carbocycles. The maximum atomic E-state index is 12.9. The van der Waals surface area contributed by atoms with E-state index in [9.17, 15) is 4.79 Å². The first kappa shape index (κ1) is 15.7. The zero-order valence-corrected chi connectivity index (χ0v) is 15.1. The predicted octanol–water partition coefficient (Wildman–Crippen LogP) is 4.53. The van der Waals surface area contributed by atoms with E-state index >= 15 is 0 Å². The maximum Gasteiger partial charge on any atom is 0.223 e. The molecular formula is C21H28N2O. The first-order chi connectivity index (χ1) is 11.4. The van der Waals surface area contributed by atoms with Gasteiger partial charge in [-0.2, -0.15) is 0 Å². The third-order valence-electron chi connectivity index (χ3n) is 6.02. The van der Waals surface area contributed by atoms with Gasteiger partial charge in [0.2, 0.25) is 5.91 Å². The van der Waals surface area contributed by atoms with E-state index in [-0.39, 0.29) is 0 Å². The van der Waals surface area contributed by atoms with E-state index in [4.69, 9.17) is 0 Å². The van der Waals surface area contributed by atoms with Crippen molar-refractivity contribution < 1.29 is 4.79 Å². The van der Waals surface area contributed by atoms with Crippen molar-refractivity contribution in [3.05, 3.63) is 36.0 Å². The zero-order valence-electron chi connectivity index (χ0n) is 15.1. The number of amides is 1. The lowest BCUT2D eigenvalue weighted by Crippen LogP contribution is -2.37. The number of benzene rings is 1. The molecule has 3 nitrogen and oxygen atoms in total. The number of carbonyl (C=O) groups excluding carboxylic acids is 1. The van der Waals surface area contributed by atoms with Gasteiger partial charge in [-0.1, -0.05) is 39.0 Å². The Labute approximate surface area is 144 Å². The molecule has 1 aliphatic heterocycles. The van der Waals surface area contributed by atoms with Crippen LogP contribution in [0.1, 0.15) is 52.0 Å². The van der Waals surface area contributed by atoms with Gasteiger partial charge in [0.15, 0.2) is 0 Å². The topological polar surface area (TPSA) is 36.1 Å². The third kappa shape index (κ3) is 2.74. The average molecular weight is 324 g/mol. The van der Waals surface area contributed by atoms with Gasteiger partial charge in [-0.05, 0) is 48.1 Å². The molecule has 1 aliphatic carbocycles. The lowest BCUT2D eigenvalue weighted by atomic mass is 9.65. The average Bonchev–Trinajstić information content (AvgIpc) is 3.02. The van der Waals surface area contributed by atoms with Gasteiger partial charge in [0, 0.05) is 36.1 Å². The number of hydrogen-bond acceptors (Lipinski definition) is 1. The fourth-order valence-corrected chi connectivity index (χ4v) is 5.48. The minimum absolute atomic E-state index is 0.322. The summed E-state index contributed by atoms with van der Waals surface area (Å²) in [6.07, 6.45) is 7.09. The molecule has 2 aromatic rings. The van der Waals surface area contributed by atoms with Gasteiger partial charge in [0.05, 0.1) is 0 Å². The van der Waals surface area contributed by atoms with Gasteiger partial charge in [-0.15, -0.1) is 0 Å². The molecule has 2 atom stereocenters. The Kier molecular flexibility index (Phi) is 3.52. The number of nitrogens with one attached hydrogen (secondary N) is 1. The maximum absolute atomic E-state index is 12.9. The van der Waals surface area contributed by atoms with Gasteiger partial charge in [-0.3, -0.25) is 4.79 Å². The van der Waals surface area contributed by atoms with E-state index in [0.717, 1.165) is 24.9 Å². The number of aromatic nitrogens is 1. The van der Waals surface area contributed by atoms with Crippen LogP contribution >= 0.6 is 0 Å². The zero-order chi connectivity index (χ0) is 16.9. The van der Waals surface area contributed by atoms with Crippen LogP contribution in [0.2, 0.25) is 0 Å². The Hall–Kier alpha value is -1.77. The van der Waals surface area contributed by atoms with Gasteiger partial charge >= 0.3 is 0 Å². The molecule has 1 N–H and O–H groups in total. The lowest BCUT2D eigenvalue weighted by molar-refractivity contribution is -0.132. The summed E-state index contributed by atoms with van der Waals surface area (Å²) in [6.45, 7) is 8.04. The second-order valence-corrected chi connectivity index (χ2v) is 9.09. The van der Waals surface area contributed by atoms with Crippen LogP contribution in [0.25, 0.3) is 10.9 Å². The van der Waals surface area contributed by atoms with E-state index in [1.54, 1.807) is 0 Å². The fraction of sp³-hybridized carbons (Fsp3) is 0.571. The van der Waals surface area contributed by atoms with Gasteiger partial charge in [0.25, 0.3) is 0 Å². The highest BCUT2D eigenvalue weighted by atomic mass is 16.2. The summed E-state index contributed by atoms with van der Waals surface area (Å²) in [5.74, 6) is 0.340. The number of hydrogen-bond donors (Lipinski definition) is 1. The summed E-state index contributed by atoms with van der Waals surface area (Å²) in [5, 5.41) is 1.25. The van der Waals surface area contributed by atoms with Crippen molar-refractivity contribution >= 4 is 16.8 Å². The number of H-pyrrole nitrogens is 1. The second kappa shape index (κ2) is 5.37. The second-order valence-electron chi connectivity index (χ2n) is 9.09. The Balaban J connectivity index is 1.45. The minimum Gasteiger partial charge on any atom is -0.361 e. The van der Waals surface area contributed by atoms with Crippen LogP contribution in [-0.4, -0.2) is 28.4 Å². The van der Waals surface area contributed by atoms with Crippen LogP contribution in [0.4, 0.5) is 0 Å². The summed E-state index contributed by atoms with van der Waals surface area (Å²) in [6, 6.07) is 8.79. The number of aromatic amines is 1. The molecule has 2 heterocycles. The normalized spacial score (nSPS) is 28.5. The Morgan fingerprint density at radius 1 is 1.25 bits per heavy atom. The van der Waals surface area contributed by atoms with Crippen LogP contribution < -0.4 is 0 Å². The molecule has 1 saturated heterocycles. The van der Waals surface area contributed by atoms with E-state index < -0.39 is 0 Å². The standard InChI is InChI=1S/C21H28N2O/c1-20(2)10-16-11-21(3,13-20)14-23(16)19(24)9-8-15-12-22-18-7-5-4-6-17(15)18/h4-7,12,16,22H,8-11,13-14H2,1-3H3/t16-,21+/m1/s1. The molecule has 2 fully saturated rings. The number of fused-ring (bicyclic) bond motifs is 3. The van der Waals surface area contributed by atoms with E-state index in [2.05, 4.69) is 55.1 Å². The van der Waals surface area contributed by atoms with Crippen molar-refractivity contribution in [2.24, 2.45) is 10.8 Å². The molecule has 24 heavy (non-hydrogen) atoms. The largest absolute Gasteiger partial charge is 0.361 e. The van der Waals surface area contributed by atoms with Gasteiger partial charge in [0.1, 0.15) is 0 Å². The monoisotopic (exact) mass is 324 g/mol. The molecule has 0 unspecified atom stereocenters. The molecule has 0 radical (unpaired) electrons. The SMILES string of the molecule is CC1(C)C[C@@H]2C[C@](C)(CN2C(=O)CCc2c[nH]c3ccccc23)C1. The fourth-order valence-electron chi connectivity index (χ4n) is 5.48. The van der Waals surface area contributed by atoms with Gasteiger partial charge in [-0.25, -0.2) is 0 Å². The Morgan fingerprint density at radius 2 is 2.04 bits per heavy atom. The highest BCUT2D eigenvalue weighted by molar-refractivity contribution is 5.84. The summed E-state index contributed by atoms with van der Waals surface area (Å²) in [7, 11) is 0. The number of rotatable bonds is 3. The van der Waals surface area contributed by atoms with E-state index in [1.807, 2.05) is 6.07 Å². The number of para-hydroxylation sites is 1. The first-order valence-electron chi connectivity index (χ1n) is 9.20. The highest BCUT2D eigenvalue weighted by Gasteiger charge is 2.50. The minimum atomic E-state index is 0.322. The summed E-state index contributed by atoms with van der Waals surface area (Å²) >= 11 is 0. The third-order valence-corrected chi connectivity index (χ3v) is 6.02. The van der Waals surface area contributed by atoms with Crippen molar-refractivity contribution in [3.8, 4) is 0 Å². The summed E-state index contributed by atoms with van der Waals surface area (Å²) in [4.78, 5) is 18.4. The molecule has 1 amide bonds. The van der Waals surface area contributed by atoms with Crippen LogP contribution in [0.5, 0.6) is 0 Å². The van der Waals surface area contributed by atoms with E-state index in [1.165, 1.54) is 23.8 Å². The molecule has 0 spiro atoms. The van der Waals surface area contributed by atoms with Crippen molar-refractivity contribution in [1.29, 1.82) is 0 Å². The van der Waals surface area contributed by atoms with Crippen molar-refractivity contribution in [2.75, 3.05) is 6.54 Å². The first-order valence-corrected chi connectivity index (χ1v) is 9.20. The Bertz CT molecular complexity index is 775.